The largest absolute Gasteiger partial charge is 0.337 e. The second-order valence-corrected chi connectivity index (χ2v) is 8.95. The molecule has 0 radical (unpaired) electrons. The Morgan fingerprint density at radius 1 is 1.11 bits per heavy atom. The third-order valence-corrected chi connectivity index (χ3v) is 5.73. The van der Waals surface area contributed by atoms with Crippen molar-refractivity contribution in [1.29, 1.82) is 0 Å². The van der Waals surface area contributed by atoms with Crippen LogP contribution in [0.5, 0.6) is 0 Å². The smallest absolute Gasteiger partial charge is 0.228 e. The molecule has 4 heteroatoms. The van der Waals surface area contributed by atoms with Crippen molar-refractivity contribution in [2.24, 2.45) is 5.41 Å². The minimum atomic E-state index is -0.349. The van der Waals surface area contributed by atoms with Crippen LogP contribution < -0.4 is 4.72 Å². The first-order chi connectivity index (χ1) is 12.9. The first-order valence-electron chi connectivity index (χ1n) is 9.64. The first kappa shape index (κ1) is 20.0. The lowest BCUT2D eigenvalue weighted by Crippen LogP contribution is -2.48. The van der Waals surface area contributed by atoms with Gasteiger partial charge in [0.2, 0.25) is 5.91 Å². The molecule has 1 aliphatic rings. The average molecular weight is 383 g/mol. The van der Waals surface area contributed by atoms with E-state index in [2.05, 4.69) is 64.4 Å². The summed E-state index contributed by atoms with van der Waals surface area (Å²) in [4.78, 5) is 15.1. The quantitative estimate of drug-likeness (QED) is 0.756. The fourth-order valence-electron chi connectivity index (χ4n) is 3.83. The van der Waals surface area contributed by atoms with Gasteiger partial charge in [0.05, 0.1) is 6.04 Å². The zero-order chi connectivity index (χ0) is 19.4. The summed E-state index contributed by atoms with van der Waals surface area (Å²) < 4.78 is 3.52. The number of nitrogens with zero attached hydrogens (tertiary/aromatic N) is 1. The lowest BCUT2D eigenvalue weighted by atomic mass is 9.92. The first-order valence-corrected chi connectivity index (χ1v) is 10.9. The average Bonchev–Trinajstić information content (AvgIpc) is 3.04. The van der Waals surface area contributed by atoms with Crippen LogP contribution in [0.15, 0.2) is 54.6 Å². The highest BCUT2D eigenvalue weighted by molar-refractivity contribution is 7.96. The molecule has 1 N–H and O–H groups in total. The van der Waals surface area contributed by atoms with Gasteiger partial charge in [-0.3, -0.25) is 9.52 Å². The molecule has 27 heavy (non-hydrogen) atoms. The van der Waals surface area contributed by atoms with Crippen LogP contribution in [0.3, 0.4) is 0 Å². The molecule has 2 unspecified atom stereocenters. The van der Waals surface area contributed by atoms with Gasteiger partial charge in [-0.05, 0) is 35.8 Å². The van der Waals surface area contributed by atoms with Crippen LogP contribution in [0.1, 0.15) is 32.8 Å². The van der Waals surface area contributed by atoms with Crippen molar-refractivity contribution < 1.29 is 4.79 Å². The summed E-state index contributed by atoms with van der Waals surface area (Å²) in [6, 6.07) is 19.7. The van der Waals surface area contributed by atoms with Crippen LogP contribution in [0.4, 0.5) is 0 Å². The molecule has 0 aliphatic carbocycles. The van der Waals surface area contributed by atoms with Crippen LogP contribution in [-0.2, 0) is 11.2 Å². The molecular weight excluding hydrogens is 352 g/mol. The zero-order valence-corrected chi connectivity index (χ0v) is 17.6. The van der Waals surface area contributed by atoms with Gasteiger partial charge in [-0.2, -0.15) is 0 Å². The number of carbonyl (C=O) groups excluding carboxylic acids is 1. The summed E-state index contributed by atoms with van der Waals surface area (Å²) in [5.74, 6) is 0.247. The molecule has 2 atom stereocenters. The fourth-order valence-corrected chi connectivity index (χ4v) is 4.41. The second kappa shape index (κ2) is 8.49. The van der Waals surface area contributed by atoms with Gasteiger partial charge in [0.15, 0.2) is 0 Å². The van der Waals surface area contributed by atoms with Crippen LogP contribution >= 0.6 is 11.9 Å². The molecule has 1 aliphatic heterocycles. The Morgan fingerprint density at radius 2 is 1.81 bits per heavy atom. The van der Waals surface area contributed by atoms with E-state index < -0.39 is 0 Å². The number of likely N-dealkylation sites (tertiary alicyclic amines) is 1. The maximum absolute atomic E-state index is 13.0. The molecule has 0 aromatic heterocycles. The maximum atomic E-state index is 13.0. The molecule has 3 nitrogen and oxygen atoms in total. The highest BCUT2D eigenvalue weighted by atomic mass is 32.2. The van der Waals surface area contributed by atoms with Crippen molar-refractivity contribution in [3.8, 4) is 11.1 Å². The highest BCUT2D eigenvalue weighted by Crippen LogP contribution is 2.29. The highest BCUT2D eigenvalue weighted by Gasteiger charge is 2.40. The second-order valence-electron chi connectivity index (χ2n) is 8.30. The van der Waals surface area contributed by atoms with Crippen LogP contribution in [0.2, 0.25) is 0 Å². The van der Waals surface area contributed by atoms with E-state index in [9.17, 15) is 4.79 Å². The van der Waals surface area contributed by atoms with Crippen molar-refractivity contribution in [1.82, 2.24) is 9.62 Å². The van der Waals surface area contributed by atoms with Crippen LogP contribution in [0, 0.1) is 5.41 Å². The van der Waals surface area contributed by atoms with Gasteiger partial charge >= 0.3 is 0 Å². The van der Waals surface area contributed by atoms with E-state index in [1.165, 1.54) is 16.7 Å². The SMILES string of the molecule is CSNC1CCN(C(=O)C(C)(C)C)C1Cc1cccc(-c2ccccc2)c1. The van der Waals surface area contributed by atoms with Gasteiger partial charge in [-0.15, -0.1) is 0 Å². The number of benzene rings is 2. The molecule has 2 aromatic carbocycles. The summed E-state index contributed by atoms with van der Waals surface area (Å²) in [5, 5.41) is 0. The Bertz CT molecular complexity index is 769. The summed E-state index contributed by atoms with van der Waals surface area (Å²) in [5.41, 5.74) is 3.39. The molecule has 144 valence electrons. The van der Waals surface area contributed by atoms with Crippen molar-refractivity contribution in [2.75, 3.05) is 12.8 Å². The van der Waals surface area contributed by atoms with E-state index in [-0.39, 0.29) is 17.4 Å². The van der Waals surface area contributed by atoms with Gasteiger partial charge in [0.25, 0.3) is 0 Å². The van der Waals surface area contributed by atoms with E-state index in [1.54, 1.807) is 11.9 Å². The van der Waals surface area contributed by atoms with E-state index in [1.807, 2.05) is 26.8 Å². The summed E-state index contributed by atoms with van der Waals surface area (Å²) in [6.07, 6.45) is 3.94. The van der Waals surface area contributed by atoms with Gasteiger partial charge in [0, 0.05) is 18.0 Å². The molecule has 1 heterocycles. The van der Waals surface area contributed by atoms with Gasteiger partial charge < -0.3 is 4.90 Å². The number of rotatable bonds is 5. The van der Waals surface area contributed by atoms with E-state index in [0.717, 1.165) is 19.4 Å². The minimum Gasteiger partial charge on any atom is -0.337 e. The number of nitrogens with one attached hydrogen (secondary N) is 1. The standard InChI is InChI=1S/C23H30N2OS/c1-23(2,3)22(26)25-14-13-20(24-27-4)21(25)16-17-9-8-12-19(15-17)18-10-6-5-7-11-18/h5-12,15,20-21,24H,13-14,16H2,1-4H3. The van der Waals surface area contributed by atoms with Crippen molar-refractivity contribution in [3.05, 3.63) is 60.2 Å². The summed E-state index contributed by atoms with van der Waals surface area (Å²) in [7, 11) is 0. The zero-order valence-electron chi connectivity index (χ0n) is 16.7. The Balaban J connectivity index is 1.85. The Morgan fingerprint density at radius 3 is 2.48 bits per heavy atom. The van der Waals surface area contributed by atoms with E-state index in [4.69, 9.17) is 0 Å². The minimum absolute atomic E-state index is 0.190. The van der Waals surface area contributed by atoms with E-state index >= 15 is 0 Å². The number of hydrogen-bond donors (Lipinski definition) is 1. The number of carbonyl (C=O) groups is 1. The lowest BCUT2D eigenvalue weighted by Gasteiger charge is -2.33. The molecule has 0 bridgehead atoms. The Hall–Kier alpha value is -1.78. The number of amides is 1. The predicted molar refractivity (Wildman–Crippen MR) is 116 cm³/mol. The summed E-state index contributed by atoms with van der Waals surface area (Å²) in [6.45, 7) is 6.87. The molecule has 2 aromatic rings. The third-order valence-electron chi connectivity index (χ3n) is 5.20. The van der Waals surface area contributed by atoms with Gasteiger partial charge in [-0.1, -0.05) is 87.3 Å². The molecule has 3 rings (SSSR count). The molecule has 0 saturated carbocycles. The monoisotopic (exact) mass is 382 g/mol. The topological polar surface area (TPSA) is 32.3 Å². The number of hydrogen-bond acceptors (Lipinski definition) is 3. The predicted octanol–water partition coefficient (Wildman–Crippen LogP) is 4.78. The van der Waals surface area contributed by atoms with Crippen molar-refractivity contribution >= 4 is 17.9 Å². The maximum Gasteiger partial charge on any atom is 0.228 e. The van der Waals surface area contributed by atoms with Gasteiger partial charge in [0.1, 0.15) is 0 Å². The molecular formula is C23H30N2OS. The van der Waals surface area contributed by atoms with Crippen molar-refractivity contribution in [2.45, 2.75) is 45.7 Å². The fraction of sp³-hybridized carbons (Fsp3) is 0.435. The molecule has 1 amide bonds. The van der Waals surface area contributed by atoms with Crippen molar-refractivity contribution in [3.63, 3.8) is 0 Å². The third kappa shape index (κ3) is 4.74. The molecule has 1 fully saturated rings. The van der Waals surface area contributed by atoms with Gasteiger partial charge in [-0.25, -0.2) is 0 Å². The van der Waals surface area contributed by atoms with Crippen LogP contribution in [0.25, 0.3) is 11.1 Å². The molecule has 1 saturated heterocycles. The normalized spacial score (nSPS) is 20.1. The Labute approximate surface area is 167 Å². The Kier molecular flexibility index (Phi) is 6.28. The van der Waals surface area contributed by atoms with E-state index in [0.29, 0.717) is 6.04 Å². The van der Waals surface area contributed by atoms with Crippen LogP contribution in [-0.4, -0.2) is 35.7 Å². The molecule has 0 spiro atoms. The summed E-state index contributed by atoms with van der Waals surface area (Å²) >= 11 is 1.65. The lowest BCUT2D eigenvalue weighted by molar-refractivity contribution is -0.140.